The average Bonchev–Trinajstić information content (AvgIpc) is 2.90. The van der Waals surface area contributed by atoms with Gasteiger partial charge in [0.1, 0.15) is 6.33 Å². The normalized spacial score (nSPS) is 12.3. The quantitative estimate of drug-likeness (QED) is 0.824. The van der Waals surface area contributed by atoms with Crippen LogP contribution in [0.3, 0.4) is 0 Å². The molecule has 2 aromatic heterocycles. The molecule has 108 valence electrons. The highest BCUT2D eigenvalue weighted by molar-refractivity contribution is 9.11. The molecule has 2 heterocycles. The lowest BCUT2D eigenvalue weighted by Gasteiger charge is -2.16. The number of ether oxygens (including phenoxy) is 1. The van der Waals surface area contributed by atoms with Crippen molar-refractivity contribution < 1.29 is 4.74 Å². The number of thiophene rings is 1. The fraction of sp³-hybridized carbons (Fsp3) is 0.429. The van der Waals surface area contributed by atoms with E-state index in [4.69, 9.17) is 4.74 Å². The second-order valence-electron chi connectivity index (χ2n) is 4.40. The van der Waals surface area contributed by atoms with Crippen LogP contribution in [0.25, 0.3) is 0 Å². The molecule has 2 aromatic rings. The van der Waals surface area contributed by atoms with Crippen LogP contribution >= 0.6 is 27.3 Å². The molecule has 0 aliphatic carbocycles. The summed E-state index contributed by atoms with van der Waals surface area (Å²) in [5.74, 6) is 0.608. The van der Waals surface area contributed by atoms with Gasteiger partial charge in [-0.25, -0.2) is 9.97 Å². The number of hydrogen-bond donors (Lipinski definition) is 1. The van der Waals surface area contributed by atoms with Crippen molar-refractivity contribution in [2.75, 3.05) is 13.7 Å². The second kappa shape index (κ2) is 7.71. The first-order valence-corrected chi connectivity index (χ1v) is 8.17. The number of hydrogen-bond acceptors (Lipinski definition) is 5. The maximum atomic E-state index is 5.15. The van der Waals surface area contributed by atoms with Crippen molar-refractivity contribution in [1.29, 1.82) is 0 Å². The van der Waals surface area contributed by atoms with Crippen molar-refractivity contribution in [3.8, 4) is 5.88 Å². The summed E-state index contributed by atoms with van der Waals surface area (Å²) in [6.07, 6.45) is 3.48. The lowest BCUT2D eigenvalue weighted by Crippen LogP contribution is -2.23. The van der Waals surface area contributed by atoms with Gasteiger partial charge in [0.25, 0.3) is 0 Å². The van der Waals surface area contributed by atoms with Crippen molar-refractivity contribution in [2.24, 2.45) is 0 Å². The van der Waals surface area contributed by atoms with E-state index >= 15 is 0 Å². The van der Waals surface area contributed by atoms with Crippen LogP contribution in [0.15, 0.2) is 28.3 Å². The highest BCUT2D eigenvalue weighted by Crippen LogP contribution is 2.29. The van der Waals surface area contributed by atoms with E-state index in [0.717, 1.165) is 28.9 Å². The van der Waals surface area contributed by atoms with Gasteiger partial charge in [-0.1, -0.05) is 6.92 Å². The summed E-state index contributed by atoms with van der Waals surface area (Å²) < 4.78 is 6.30. The van der Waals surface area contributed by atoms with Crippen LogP contribution in [0.5, 0.6) is 5.88 Å². The van der Waals surface area contributed by atoms with E-state index in [-0.39, 0.29) is 6.04 Å². The van der Waals surface area contributed by atoms with E-state index in [0.29, 0.717) is 5.88 Å². The maximum absolute atomic E-state index is 5.15. The van der Waals surface area contributed by atoms with Crippen LogP contribution in [0.4, 0.5) is 0 Å². The smallest absolute Gasteiger partial charge is 0.216 e. The molecule has 0 radical (unpaired) electrons. The Hall–Kier alpha value is -0.980. The first-order chi connectivity index (χ1) is 9.72. The van der Waals surface area contributed by atoms with Crippen LogP contribution in [0, 0.1) is 0 Å². The molecule has 0 aromatic carbocycles. The number of halogens is 1. The molecule has 0 bridgehead atoms. The molecule has 1 unspecified atom stereocenters. The molecule has 0 aliphatic heterocycles. The molecular weight excluding hydrogens is 338 g/mol. The van der Waals surface area contributed by atoms with E-state index in [1.54, 1.807) is 24.8 Å². The van der Waals surface area contributed by atoms with Crippen LogP contribution in [0.2, 0.25) is 0 Å². The Morgan fingerprint density at radius 1 is 1.40 bits per heavy atom. The Morgan fingerprint density at radius 2 is 2.25 bits per heavy atom. The van der Waals surface area contributed by atoms with Gasteiger partial charge < -0.3 is 10.1 Å². The summed E-state index contributed by atoms with van der Waals surface area (Å²) in [5, 5.41) is 3.57. The molecule has 0 saturated carbocycles. The lowest BCUT2D eigenvalue weighted by molar-refractivity contribution is 0.395. The van der Waals surface area contributed by atoms with Gasteiger partial charge in [0, 0.05) is 29.1 Å². The Labute approximate surface area is 131 Å². The number of aromatic nitrogens is 2. The highest BCUT2D eigenvalue weighted by Gasteiger charge is 2.15. The van der Waals surface area contributed by atoms with Crippen LogP contribution in [0.1, 0.15) is 30.0 Å². The topological polar surface area (TPSA) is 47.0 Å². The average molecular weight is 356 g/mol. The van der Waals surface area contributed by atoms with Gasteiger partial charge in [-0.3, -0.25) is 0 Å². The molecule has 0 amide bonds. The van der Waals surface area contributed by atoms with E-state index in [1.807, 2.05) is 6.07 Å². The first kappa shape index (κ1) is 15.4. The zero-order chi connectivity index (χ0) is 14.4. The Bertz CT molecular complexity index is 547. The van der Waals surface area contributed by atoms with Crippen molar-refractivity contribution in [1.82, 2.24) is 15.3 Å². The Morgan fingerprint density at radius 3 is 2.90 bits per heavy atom. The van der Waals surface area contributed by atoms with Crippen LogP contribution in [-0.2, 0) is 6.42 Å². The Balaban J connectivity index is 2.14. The SMILES string of the molecule is CCCNC(Cc1cc(OC)ncn1)c1ccc(Br)s1. The predicted octanol–water partition coefficient (Wildman–Crippen LogP) is 3.59. The molecule has 6 heteroatoms. The molecule has 0 saturated heterocycles. The minimum Gasteiger partial charge on any atom is -0.481 e. The summed E-state index contributed by atoms with van der Waals surface area (Å²) in [7, 11) is 1.62. The van der Waals surface area contributed by atoms with Gasteiger partial charge in [0.05, 0.1) is 10.9 Å². The number of methoxy groups -OCH3 is 1. The zero-order valence-corrected chi connectivity index (χ0v) is 14.0. The Kier molecular flexibility index (Phi) is 5.94. The second-order valence-corrected chi connectivity index (χ2v) is 6.90. The molecule has 2 rings (SSSR count). The van der Waals surface area contributed by atoms with Gasteiger partial charge >= 0.3 is 0 Å². The largest absolute Gasteiger partial charge is 0.481 e. The summed E-state index contributed by atoms with van der Waals surface area (Å²) in [4.78, 5) is 9.68. The number of nitrogens with one attached hydrogen (secondary N) is 1. The highest BCUT2D eigenvalue weighted by atomic mass is 79.9. The summed E-state index contributed by atoms with van der Waals surface area (Å²) in [6.45, 7) is 3.16. The van der Waals surface area contributed by atoms with Crippen molar-refractivity contribution in [3.63, 3.8) is 0 Å². The first-order valence-electron chi connectivity index (χ1n) is 6.56. The van der Waals surface area contributed by atoms with E-state index in [2.05, 4.69) is 50.3 Å². The molecule has 1 atom stereocenters. The van der Waals surface area contributed by atoms with Gasteiger partial charge in [0.15, 0.2) is 0 Å². The summed E-state index contributed by atoms with van der Waals surface area (Å²) in [5.41, 5.74) is 0.981. The van der Waals surface area contributed by atoms with Gasteiger partial charge in [-0.2, -0.15) is 0 Å². The third-order valence-electron chi connectivity index (χ3n) is 2.90. The van der Waals surface area contributed by atoms with Gasteiger partial charge in [-0.15, -0.1) is 11.3 Å². The third-order valence-corrected chi connectivity index (χ3v) is 4.64. The van der Waals surface area contributed by atoms with E-state index in [1.165, 1.54) is 4.88 Å². The molecule has 0 aliphatic rings. The van der Waals surface area contributed by atoms with E-state index in [9.17, 15) is 0 Å². The van der Waals surface area contributed by atoms with Gasteiger partial charge in [0.2, 0.25) is 5.88 Å². The molecular formula is C14H18BrN3OS. The summed E-state index contributed by atoms with van der Waals surface area (Å²) >= 11 is 5.28. The van der Waals surface area contributed by atoms with Crippen LogP contribution in [-0.4, -0.2) is 23.6 Å². The third kappa shape index (κ3) is 4.26. The molecule has 0 fully saturated rings. The van der Waals surface area contributed by atoms with Crippen molar-refractivity contribution in [2.45, 2.75) is 25.8 Å². The summed E-state index contributed by atoms with van der Waals surface area (Å²) in [6, 6.07) is 6.40. The van der Waals surface area contributed by atoms with Crippen molar-refractivity contribution in [3.05, 3.63) is 38.9 Å². The van der Waals surface area contributed by atoms with Gasteiger partial charge in [-0.05, 0) is 41.0 Å². The van der Waals surface area contributed by atoms with Crippen molar-refractivity contribution >= 4 is 27.3 Å². The molecule has 20 heavy (non-hydrogen) atoms. The van der Waals surface area contributed by atoms with E-state index < -0.39 is 0 Å². The number of rotatable bonds is 7. The minimum atomic E-state index is 0.269. The molecule has 0 spiro atoms. The van der Waals surface area contributed by atoms with Crippen LogP contribution < -0.4 is 10.1 Å². The lowest BCUT2D eigenvalue weighted by atomic mass is 10.1. The molecule has 1 N–H and O–H groups in total. The maximum Gasteiger partial charge on any atom is 0.216 e. The standard InChI is InChI=1S/C14H18BrN3OS/c1-3-6-16-11(12-4-5-13(15)20-12)7-10-8-14(19-2)18-9-17-10/h4-5,8-9,11,16H,3,6-7H2,1-2H3. The fourth-order valence-corrected chi connectivity index (χ4v) is 3.42. The molecule has 4 nitrogen and oxygen atoms in total. The fourth-order valence-electron chi connectivity index (χ4n) is 1.92. The minimum absolute atomic E-state index is 0.269. The zero-order valence-electron chi connectivity index (χ0n) is 11.6. The monoisotopic (exact) mass is 355 g/mol. The number of nitrogens with zero attached hydrogens (tertiary/aromatic N) is 2. The predicted molar refractivity (Wildman–Crippen MR) is 85.3 cm³/mol.